The van der Waals surface area contributed by atoms with Gasteiger partial charge in [-0.1, -0.05) is 18.6 Å². The molecule has 0 bridgehead atoms. The zero-order valence-electron chi connectivity index (χ0n) is 13.2. The summed E-state index contributed by atoms with van der Waals surface area (Å²) in [6.45, 7) is 3.51. The average molecular weight is 325 g/mol. The first-order valence-electron chi connectivity index (χ1n) is 7.54. The SMILES string of the molecule is CC/C=C(\C)Cc1cn([C@@H]2O[C@H](CO)[C@@H](O)[C@H]2O)c(=O)nc1N. The Labute approximate surface area is 133 Å². The number of hydrogen-bond acceptors (Lipinski definition) is 7. The molecule has 1 aliphatic rings. The standard InChI is InChI=1S/C15H23N3O5/c1-3-4-8(2)5-9-6-18(15(22)17-13(9)16)14-12(21)11(20)10(7-19)23-14/h4,6,10-12,14,19-21H,3,5,7H2,1-2H3,(H2,16,17,22)/b8-4+/t10-,11-,12-,14-/m1/s1. The van der Waals surface area contributed by atoms with Gasteiger partial charge in [-0.05, 0) is 19.8 Å². The molecule has 1 fully saturated rings. The molecule has 0 saturated carbocycles. The third-order valence-corrected chi connectivity index (χ3v) is 3.87. The van der Waals surface area contributed by atoms with Crippen LogP contribution >= 0.6 is 0 Å². The Bertz CT molecular complexity index is 642. The zero-order valence-corrected chi connectivity index (χ0v) is 13.2. The minimum atomic E-state index is -1.34. The highest BCUT2D eigenvalue weighted by molar-refractivity contribution is 5.39. The van der Waals surface area contributed by atoms with Gasteiger partial charge in [0, 0.05) is 11.8 Å². The van der Waals surface area contributed by atoms with Gasteiger partial charge in [0.1, 0.15) is 24.1 Å². The van der Waals surface area contributed by atoms with E-state index in [2.05, 4.69) is 4.98 Å². The minimum Gasteiger partial charge on any atom is -0.394 e. The van der Waals surface area contributed by atoms with Crippen molar-refractivity contribution in [2.45, 2.75) is 51.2 Å². The van der Waals surface area contributed by atoms with Gasteiger partial charge in [-0.2, -0.15) is 4.98 Å². The van der Waals surface area contributed by atoms with Gasteiger partial charge < -0.3 is 25.8 Å². The number of anilines is 1. The molecule has 0 unspecified atom stereocenters. The topological polar surface area (TPSA) is 131 Å². The second-order valence-electron chi connectivity index (χ2n) is 5.71. The summed E-state index contributed by atoms with van der Waals surface area (Å²) in [5.41, 5.74) is 6.83. The molecule has 23 heavy (non-hydrogen) atoms. The summed E-state index contributed by atoms with van der Waals surface area (Å²) >= 11 is 0. The molecule has 2 heterocycles. The van der Waals surface area contributed by atoms with E-state index in [9.17, 15) is 15.0 Å². The molecule has 0 amide bonds. The molecule has 0 radical (unpaired) electrons. The number of aromatic nitrogens is 2. The van der Waals surface area contributed by atoms with Crippen molar-refractivity contribution in [3.05, 3.63) is 33.9 Å². The Kier molecular flexibility index (Phi) is 5.53. The number of nitrogen functional groups attached to an aromatic ring is 1. The van der Waals surface area contributed by atoms with Gasteiger partial charge in [0.25, 0.3) is 0 Å². The Morgan fingerprint density at radius 3 is 2.74 bits per heavy atom. The lowest BCUT2D eigenvalue weighted by atomic mass is 10.1. The molecule has 8 heteroatoms. The molecular weight excluding hydrogens is 302 g/mol. The quantitative estimate of drug-likeness (QED) is 0.528. The van der Waals surface area contributed by atoms with Crippen molar-refractivity contribution in [2.24, 2.45) is 0 Å². The number of nitrogens with zero attached hydrogens (tertiary/aromatic N) is 2. The molecule has 0 spiro atoms. The van der Waals surface area contributed by atoms with E-state index in [1.54, 1.807) is 0 Å². The molecule has 5 N–H and O–H groups in total. The van der Waals surface area contributed by atoms with Crippen LogP contribution in [0.1, 0.15) is 32.1 Å². The maximum atomic E-state index is 12.1. The van der Waals surface area contributed by atoms with Crippen molar-refractivity contribution in [3.8, 4) is 0 Å². The normalized spacial score (nSPS) is 28.3. The lowest BCUT2D eigenvalue weighted by Crippen LogP contribution is -2.36. The summed E-state index contributed by atoms with van der Waals surface area (Å²) in [5, 5.41) is 29.0. The second kappa shape index (κ2) is 7.22. The Hall–Kier alpha value is -1.74. The molecule has 0 aliphatic carbocycles. The predicted molar refractivity (Wildman–Crippen MR) is 83.7 cm³/mol. The smallest absolute Gasteiger partial charge is 0.351 e. The van der Waals surface area contributed by atoms with Gasteiger partial charge in [0.2, 0.25) is 0 Å². The largest absolute Gasteiger partial charge is 0.394 e. The lowest BCUT2D eigenvalue weighted by molar-refractivity contribution is -0.0550. The van der Waals surface area contributed by atoms with Gasteiger partial charge in [0.05, 0.1) is 6.61 Å². The van der Waals surface area contributed by atoms with Crippen LogP contribution < -0.4 is 11.4 Å². The summed E-state index contributed by atoms with van der Waals surface area (Å²) in [5.74, 6) is 0.127. The van der Waals surface area contributed by atoms with Crippen molar-refractivity contribution in [1.29, 1.82) is 0 Å². The highest BCUT2D eigenvalue weighted by atomic mass is 16.6. The third kappa shape index (κ3) is 3.61. The molecule has 1 aromatic rings. The Balaban J connectivity index is 2.36. The summed E-state index contributed by atoms with van der Waals surface area (Å²) < 4.78 is 6.47. The van der Waals surface area contributed by atoms with Crippen molar-refractivity contribution >= 4 is 5.82 Å². The Morgan fingerprint density at radius 1 is 1.48 bits per heavy atom. The van der Waals surface area contributed by atoms with Crippen molar-refractivity contribution in [3.63, 3.8) is 0 Å². The first-order valence-corrected chi connectivity index (χ1v) is 7.54. The molecular formula is C15H23N3O5. The summed E-state index contributed by atoms with van der Waals surface area (Å²) in [6, 6.07) is 0. The van der Waals surface area contributed by atoms with Crippen LogP contribution in [0.15, 0.2) is 22.6 Å². The Morgan fingerprint density at radius 2 is 2.17 bits per heavy atom. The highest BCUT2D eigenvalue weighted by Crippen LogP contribution is 2.28. The van der Waals surface area contributed by atoms with Crippen LogP contribution in [0.3, 0.4) is 0 Å². The predicted octanol–water partition coefficient (Wildman–Crippen LogP) is -0.664. The fourth-order valence-corrected chi connectivity index (χ4v) is 2.67. The number of ether oxygens (including phenoxy) is 1. The number of aliphatic hydroxyl groups excluding tert-OH is 3. The number of rotatable bonds is 5. The van der Waals surface area contributed by atoms with E-state index in [1.807, 2.05) is 19.9 Å². The number of nitrogens with two attached hydrogens (primary N) is 1. The highest BCUT2D eigenvalue weighted by Gasteiger charge is 2.43. The molecule has 2 rings (SSSR count). The van der Waals surface area contributed by atoms with Crippen molar-refractivity contribution in [1.82, 2.24) is 9.55 Å². The van der Waals surface area contributed by atoms with Crippen LogP contribution in [-0.2, 0) is 11.2 Å². The van der Waals surface area contributed by atoms with E-state index in [0.29, 0.717) is 12.0 Å². The van der Waals surface area contributed by atoms with E-state index >= 15 is 0 Å². The van der Waals surface area contributed by atoms with Gasteiger partial charge in [-0.25, -0.2) is 4.79 Å². The van der Waals surface area contributed by atoms with Gasteiger partial charge in [0.15, 0.2) is 6.23 Å². The number of aliphatic hydroxyl groups is 3. The van der Waals surface area contributed by atoms with E-state index in [0.717, 1.165) is 16.6 Å². The summed E-state index contributed by atoms with van der Waals surface area (Å²) in [4.78, 5) is 15.8. The van der Waals surface area contributed by atoms with Crippen LogP contribution in [0, 0.1) is 0 Å². The summed E-state index contributed by atoms with van der Waals surface area (Å²) in [6.07, 6.45) is 0.242. The second-order valence-corrected chi connectivity index (χ2v) is 5.71. The van der Waals surface area contributed by atoms with Gasteiger partial charge in [-0.3, -0.25) is 4.57 Å². The first-order chi connectivity index (χ1) is 10.9. The zero-order chi connectivity index (χ0) is 17.1. The van der Waals surface area contributed by atoms with Crippen LogP contribution in [0.2, 0.25) is 0 Å². The fourth-order valence-electron chi connectivity index (χ4n) is 2.67. The van der Waals surface area contributed by atoms with Crippen molar-refractivity contribution in [2.75, 3.05) is 12.3 Å². The van der Waals surface area contributed by atoms with Crippen LogP contribution in [0.4, 0.5) is 5.82 Å². The van der Waals surface area contributed by atoms with Gasteiger partial charge >= 0.3 is 5.69 Å². The monoisotopic (exact) mass is 325 g/mol. The third-order valence-electron chi connectivity index (χ3n) is 3.87. The van der Waals surface area contributed by atoms with E-state index in [1.165, 1.54) is 6.20 Å². The molecule has 4 atom stereocenters. The maximum Gasteiger partial charge on any atom is 0.351 e. The number of hydrogen-bond donors (Lipinski definition) is 4. The first kappa shape index (κ1) is 17.6. The summed E-state index contributed by atoms with van der Waals surface area (Å²) in [7, 11) is 0. The van der Waals surface area contributed by atoms with Gasteiger partial charge in [-0.15, -0.1) is 0 Å². The van der Waals surface area contributed by atoms with Crippen LogP contribution in [-0.4, -0.2) is 49.8 Å². The molecule has 0 aromatic carbocycles. The maximum absolute atomic E-state index is 12.1. The molecule has 1 aromatic heterocycles. The molecule has 128 valence electrons. The molecule has 8 nitrogen and oxygen atoms in total. The lowest BCUT2D eigenvalue weighted by Gasteiger charge is -2.18. The minimum absolute atomic E-state index is 0.127. The van der Waals surface area contributed by atoms with Crippen LogP contribution in [0.5, 0.6) is 0 Å². The number of allylic oxidation sites excluding steroid dienone is 2. The van der Waals surface area contributed by atoms with Crippen LogP contribution in [0.25, 0.3) is 0 Å². The van der Waals surface area contributed by atoms with E-state index in [4.69, 9.17) is 15.6 Å². The molecule has 1 saturated heterocycles. The average Bonchev–Trinajstić information content (AvgIpc) is 2.78. The van der Waals surface area contributed by atoms with Crippen molar-refractivity contribution < 1.29 is 20.1 Å². The van der Waals surface area contributed by atoms with E-state index in [-0.39, 0.29) is 5.82 Å². The molecule has 1 aliphatic heterocycles. The fraction of sp³-hybridized carbons (Fsp3) is 0.600. The van der Waals surface area contributed by atoms with E-state index < -0.39 is 36.8 Å².